The summed E-state index contributed by atoms with van der Waals surface area (Å²) in [5.41, 5.74) is 0.0433. The maximum Gasteiger partial charge on any atom is 0.255 e. The van der Waals surface area contributed by atoms with Crippen LogP contribution in [-0.4, -0.2) is 41.5 Å². The van der Waals surface area contributed by atoms with Crippen LogP contribution in [0, 0.1) is 0 Å². The summed E-state index contributed by atoms with van der Waals surface area (Å²) < 4.78 is 0.333. The van der Waals surface area contributed by atoms with Gasteiger partial charge in [0.2, 0.25) is 5.91 Å². The molecule has 1 unspecified atom stereocenters. The molecule has 102 valence electrons. The third kappa shape index (κ3) is 2.84. The van der Waals surface area contributed by atoms with E-state index in [1.165, 1.54) is 12.1 Å². The SMILES string of the molecule is CN1CCC(NC(=O)c2cc(Cl)cc(Br)c2O)C1=O. The van der Waals surface area contributed by atoms with E-state index in [0.717, 1.165) is 0 Å². The largest absolute Gasteiger partial charge is 0.506 e. The Balaban J connectivity index is 2.19. The first-order valence-electron chi connectivity index (χ1n) is 5.64. The first kappa shape index (κ1) is 14.1. The average molecular weight is 348 g/mol. The van der Waals surface area contributed by atoms with Crippen molar-refractivity contribution in [1.29, 1.82) is 0 Å². The van der Waals surface area contributed by atoms with E-state index in [0.29, 0.717) is 22.5 Å². The van der Waals surface area contributed by atoms with Crippen molar-refractivity contribution in [2.24, 2.45) is 0 Å². The van der Waals surface area contributed by atoms with Crippen LogP contribution in [0.15, 0.2) is 16.6 Å². The van der Waals surface area contributed by atoms with Gasteiger partial charge < -0.3 is 15.3 Å². The molecule has 1 aromatic carbocycles. The summed E-state index contributed by atoms with van der Waals surface area (Å²) in [5, 5.41) is 12.7. The van der Waals surface area contributed by atoms with E-state index in [-0.39, 0.29) is 17.2 Å². The van der Waals surface area contributed by atoms with Gasteiger partial charge in [-0.05, 0) is 34.5 Å². The zero-order valence-electron chi connectivity index (χ0n) is 10.1. The molecule has 1 saturated heterocycles. The van der Waals surface area contributed by atoms with Crippen LogP contribution in [0.2, 0.25) is 5.02 Å². The van der Waals surface area contributed by atoms with Crippen LogP contribution >= 0.6 is 27.5 Å². The van der Waals surface area contributed by atoms with E-state index in [2.05, 4.69) is 21.2 Å². The molecule has 0 spiro atoms. The molecular weight excluding hydrogens is 336 g/mol. The Morgan fingerprint density at radius 1 is 1.58 bits per heavy atom. The summed E-state index contributed by atoms with van der Waals surface area (Å²) in [5.74, 6) is -0.844. The van der Waals surface area contributed by atoms with Gasteiger partial charge in [-0.15, -0.1) is 0 Å². The van der Waals surface area contributed by atoms with Crippen LogP contribution in [0.1, 0.15) is 16.8 Å². The molecule has 0 aromatic heterocycles. The highest BCUT2D eigenvalue weighted by atomic mass is 79.9. The molecule has 1 atom stereocenters. The van der Waals surface area contributed by atoms with Gasteiger partial charge in [-0.25, -0.2) is 0 Å². The van der Waals surface area contributed by atoms with Gasteiger partial charge in [0.1, 0.15) is 11.8 Å². The van der Waals surface area contributed by atoms with Crippen LogP contribution in [0.25, 0.3) is 0 Å². The molecule has 2 rings (SSSR count). The van der Waals surface area contributed by atoms with E-state index >= 15 is 0 Å². The summed E-state index contributed by atoms with van der Waals surface area (Å²) in [6.45, 7) is 0.606. The standard InChI is InChI=1S/C12H12BrClN2O3/c1-16-3-2-9(12(16)19)15-11(18)7-4-6(14)5-8(13)10(7)17/h4-5,9,17H,2-3H2,1H3,(H,15,18). The van der Waals surface area contributed by atoms with Gasteiger partial charge in [0.05, 0.1) is 10.0 Å². The fourth-order valence-corrected chi connectivity index (χ4v) is 2.74. The Bertz CT molecular complexity index is 550. The molecule has 1 heterocycles. The number of carbonyl (C=O) groups is 2. The first-order chi connectivity index (χ1) is 8.90. The number of hydrogen-bond acceptors (Lipinski definition) is 3. The van der Waals surface area contributed by atoms with Crippen molar-refractivity contribution in [1.82, 2.24) is 10.2 Å². The highest BCUT2D eigenvalue weighted by Crippen LogP contribution is 2.31. The minimum Gasteiger partial charge on any atom is -0.506 e. The lowest BCUT2D eigenvalue weighted by Gasteiger charge is -2.13. The number of phenolic OH excluding ortho intramolecular Hbond substituents is 1. The summed E-state index contributed by atoms with van der Waals surface area (Å²) in [7, 11) is 1.68. The number of nitrogens with zero attached hydrogens (tertiary/aromatic N) is 1. The molecule has 2 N–H and O–H groups in total. The monoisotopic (exact) mass is 346 g/mol. The lowest BCUT2D eigenvalue weighted by molar-refractivity contribution is -0.128. The quantitative estimate of drug-likeness (QED) is 0.856. The zero-order valence-corrected chi connectivity index (χ0v) is 12.5. The van der Waals surface area contributed by atoms with Crippen molar-refractivity contribution in [3.8, 4) is 5.75 Å². The minimum atomic E-state index is -0.547. The lowest BCUT2D eigenvalue weighted by atomic mass is 10.1. The van der Waals surface area contributed by atoms with E-state index < -0.39 is 11.9 Å². The van der Waals surface area contributed by atoms with Crippen molar-refractivity contribution in [3.63, 3.8) is 0 Å². The van der Waals surface area contributed by atoms with E-state index in [4.69, 9.17) is 11.6 Å². The third-order valence-corrected chi connectivity index (χ3v) is 3.83. The zero-order chi connectivity index (χ0) is 14.2. The average Bonchev–Trinajstić information content (AvgIpc) is 2.65. The number of likely N-dealkylation sites (tertiary alicyclic amines) is 1. The first-order valence-corrected chi connectivity index (χ1v) is 6.81. The number of hydrogen-bond donors (Lipinski definition) is 2. The summed E-state index contributed by atoms with van der Waals surface area (Å²) in [6.07, 6.45) is 0.559. The smallest absolute Gasteiger partial charge is 0.255 e. The molecule has 0 aliphatic carbocycles. The highest BCUT2D eigenvalue weighted by molar-refractivity contribution is 9.10. The highest BCUT2D eigenvalue weighted by Gasteiger charge is 2.31. The Hall–Kier alpha value is -1.27. The molecule has 0 bridgehead atoms. The van der Waals surface area contributed by atoms with Crippen LogP contribution in [0.5, 0.6) is 5.75 Å². The van der Waals surface area contributed by atoms with Gasteiger partial charge in [-0.3, -0.25) is 9.59 Å². The number of carbonyl (C=O) groups excluding carboxylic acids is 2. The topological polar surface area (TPSA) is 69.6 Å². The number of benzene rings is 1. The maximum atomic E-state index is 12.1. The van der Waals surface area contributed by atoms with Gasteiger partial charge >= 0.3 is 0 Å². The molecule has 19 heavy (non-hydrogen) atoms. The molecule has 0 saturated carbocycles. The molecule has 7 heteroatoms. The fraction of sp³-hybridized carbons (Fsp3) is 0.333. The van der Waals surface area contributed by atoms with Gasteiger partial charge in [-0.1, -0.05) is 11.6 Å². The van der Waals surface area contributed by atoms with Crippen molar-refractivity contribution in [2.45, 2.75) is 12.5 Å². The third-order valence-electron chi connectivity index (χ3n) is 3.01. The second-order valence-electron chi connectivity index (χ2n) is 4.36. The number of rotatable bonds is 2. The molecule has 1 aromatic rings. The van der Waals surface area contributed by atoms with Crippen LogP contribution < -0.4 is 5.32 Å². The molecule has 0 radical (unpaired) electrons. The van der Waals surface area contributed by atoms with Crippen molar-refractivity contribution in [2.75, 3.05) is 13.6 Å². The predicted octanol–water partition coefficient (Wildman–Crippen LogP) is 1.77. The van der Waals surface area contributed by atoms with Crippen molar-refractivity contribution in [3.05, 3.63) is 27.2 Å². The Morgan fingerprint density at radius 2 is 2.26 bits per heavy atom. The molecule has 1 aliphatic heterocycles. The number of nitrogens with one attached hydrogen (secondary N) is 1. The predicted molar refractivity (Wildman–Crippen MR) is 74.3 cm³/mol. The maximum absolute atomic E-state index is 12.1. The molecule has 1 fully saturated rings. The second-order valence-corrected chi connectivity index (χ2v) is 5.65. The molecule has 1 aliphatic rings. The Labute approximate surface area is 123 Å². The number of halogens is 2. The van der Waals surface area contributed by atoms with Crippen molar-refractivity contribution < 1.29 is 14.7 Å². The lowest BCUT2D eigenvalue weighted by Crippen LogP contribution is -2.40. The number of amides is 2. The van der Waals surface area contributed by atoms with E-state index in [1.807, 2.05) is 0 Å². The van der Waals surface area contributed by atoms with Crippen molar-refractivity contribution >= 4 is 39.3 Å². The minimum absolute atomic E-state index is 0.0433. The molecule has 5 nitrogen and oxygen atoms in total. The summed E-state index contributed by atoms with van der Waals surface area (Å²) >= 11 is 8.95. The van der Waals surface area contributed by atoms with Gasteiger partial charge in [0.25, 0.3) is 5.91 Å². The number of likely N-dealkylation sites (N-methyl/N-ethyl adjacent to an activating group) is 1. The Kier molecular flexibility index (Phi) is 4.01. The van der Waals surface area contributed by atoms with E-state index in [9.17, 15) is 14.7 Å². The number of aromatic hydroxyl groups is 1. The summed E-state index contributed by atoms with van der Waals surface area (Å²) in [6, 6.07) is 2.30. The second kappa shape index (κ2) is 5.38. The van der Waals surface area contributed by atoms with Gasteiger partial charge in [0.15, 0.2) is 0 Å². The van der Waals surface area contributed by atoms with Gasteiger partial charge in [0, 0.05) is 18.6 Å². The van der Waals surface area contributed by atoms with Gasteiger partial charge in [-0.2, -0.15) is 0 Å². The molecule has 2 amide bonds. The van der Waals surface area contributed by atoms with Crippen LogP contribution in [0.3, 0.4) is 0 Å². The fourth-order valence-electron chi connectivity index (χ4n) is 1.93. The normalized spacial score (nSPS) is 18.8. The number of phenols is 1. The summed E-state index contributed by atoms with van der Waals surface area (Å²) in [4.78, 5) is 25.3. The van der Waals surface area contributed by atoms with Crippen LogP contribution in [0.4, 0.5) is 0 Å². The Morgan fingerprint density at radius 3 is 2.84 bits per heavy atom. The van der Waals surface area contributed by atoms with Crippen LogP contribution in [-0.2, 0) is 4.79 Å². The van der Waals surface area contributed by atoms with E-state index in [1.54, 1.807) is 11.9 Å². The molecular formula is C12H12BrClN2O3.